The molecule has 0 unspecified atom stereocenters. The molecule has 5 nitrogen and oxygen atoms in total. The maximum absolute atomic E-state index is 4.37. The number of aryl methyl sites for hydroxylation is 1. The molecule has 1 aliphatic heterocycles. The fourth-order valence-electron chi connectivity index (χ4n) is 2.72. The largest absolute Gasteiger partial charge is 0.355 e. The summed E-state index contributed by atoms with van der Waals surface area (Å²) < 4.78 is 1.98. The molecule has 3 heterocycles. The smallest absolute Gasteiger partial charge is 0.147 e. The first-order valence-electron chi connectivity index (χ1n) is 6.81. The topological polar surface area (TPSA) is 46.8 Å². The summed E-state index contributed by atoms with van der Waals surface area (Å²) in [5, 5.41) is 4.23. The summed E-state index contributed by atoms with van der Waals surface area (Å²) in [6, 6.07) is 2.12. The zero-order valence-corrected chi connectivity index (χ0v) is 11.2. The van der Waals surface area contributed by atoms with Gasteiger partial charge in [-0.05, 0) is 31.2 Å². The van der Waals surface area contributed by atoms with Gasteiger partial charge in [0.1, 0.15) is 5.82 Å². The van der Waals surface area contributed by atoms with Crippen LogP contribution in [0.4, 0.5) is 5.82 Å². The second-order valence-corrected chi connectivity index (χ2v) is 5.14. The predicted octanol–water partition coefficient (Wildman–Crippen LogP) is 1.67. The van der Waals surface area contributed by atoms with E-state index >= 15 is 0 Å². The minimum atomic E-state index is 0.753. The molecule has 0 amide bonds. The molecule has 0 N–H and O–H groups in total. The third-order valence-corrected chi connectivity index (χ3v) is 3.91. The fourth-order valence-corrected chi connectivity index (χ4v) is 2.72. The van der Waals surface area contributed by atoms with Crippen LogP contribution in [0.5, 0.6) is 0 Å². The Morgan fingerprint density at radius 3 is 2.68 bits per heavy atom. The van der Waals surface area contributed by atoms with Crippen molar-refractivity contribution in [2.45, 2.75) is 19.3 Å². The molecule has 2 aromatic rings. The van der Waals surface area contributed by atoms with Crippen molar-refractivity contribution in [2.75, 3.05) is 18.0 Å². The van der Waals surface area contributed by atoms with E-state index in [9.17, 15) is 0 Å². The van der Waals surface area contributed by atoms with Gasteiger partial charge in [0, 0.05) is 44.4 Å². The Morgan fingerprint density at radius 1 is 1.21 bits per heavy atom. The van der Waals surface area contributed by atoms with Crippen molar-refractivity contribution in [3.63, 3.8) is 0 Å². The molecule has 0 atom stereocenters. The minimum Gasteiger partial charge on any atom is -0.355 e. The third kappa shape index (κ3) is 2.75. The first-order valence-corrected chi connectivity index (χ1v) is 6.81. The lowest BCUT2D eigenvalue weighted by atomic mass is 9.92. The SMILES string of the molecule is Cn1nccc1CC1CCN(c2cnccn2)CC1. The maximum Gasteiger partial charge on any atom is 0.147 e. The summed E-state index contributed by atoms with van der Waals surface area (Å²) in [7, 11) is 2.02. The van der Waals surface area contributed by atoms with Crippen molar-refractivity contribution in [3.8, 4) is 0 Å². The summed E-state index contributed by atoms with van der Waals surface area (Å²) in [4.78, 5) is 10.8. The molecule has 1 aliphatic rings. The second-order valence-electron chi connectivity index (χ2n) is 5.14. The van der Waals surface area contributed by atoms with Crippen LogP contribution < -0.4 is 4.90 Å². The van der Waals surface area contributed by atoms with Gasteiger partial charge >= 0.3 is 0 Å². The molecule has 1 fully saturated rings. The predicted molar refractivity (Wildman–Crippen MR) is 73.9 cm³/mol. The molecule has 0 bridgehead atoms. The van der Waals surface area contributed by atoms with Crippen LogP contribution in [0.15, 0.2) is 30.9 Å². The molecule has 0 aliphatic carbocycles. The van der Waals surface area contributed by atoms with Crippen LogP contribution in [0.1, 0.15) is 18.5 Å². The second kappa shape index (κ2) is 5.38. The van der Waals surface area contributed by atoms with Gasteiger partial charge in [-0.1, -0.05) is 0 Å². The number of piperidine rings is 1. The number of nitrogens with zero attached hydrogens (tertiary/aromatic N) is 5. The normalized spacial score (nSPS) is 16.8. The van der Waals surface area contributed by atoms with E-state index < -0.39 is 0 Å². The van der Waals surface area contributed by atoms with Crippen molar-refractivity contribution in [2.24, 2.45) is 13.0 Å². The number of anilines is 1. The monoisotopic (exact) mass is 257 g/mol. The Hall–Kier alpha value is -1.91. The van der Waals surface area contributed by atoms with Gasteiger partial charge in [-0.3, -0.25) is 9.67 Å². The average Bonchev–Trinajstić information content (AvgIpc) is 2.86. The molecule has 0 saturated carbocycles. The summed E-state index contributed by atoms with van der Waals surface area (Å²) in [6.07, 6.45) is 10.8. The Kier molecular flexibility index (Phi) is 3.44. The van der Waals surface area contributed by atoms with E-state index in [0.717, 1.165) is 31.2 Å². The van der Waals surface area contributed by atoms with Gasteiger partial charge in [0.2, 0.25) is 0 Å². The molecular weight excluding hydrogens is 238 g/mol. The maximum atomic E-state index is 4.37. The van der Waals surface area contributed by atoms with Crippen LogP contribution in [0.25, 0.3) is 0 Å². The lowest BCUT2D eigenvalue weighted by molar-refractivity contribution is 0.393. The summed E-state index contributed by atoms with van der Waals surface area (Å²) in [5.74, 6) is 1.75. The number of rotatable bonds is 3. The quantitative estimate of drug-likeness (QED) is 0.839. The number of hydrogen-bond donors (Lipinski definition) is 0. The van der Waals surface area contributed by atoms with Crippen molar-refractivity contribution in [3.05, 3.63) is 36.5 Å². The summed E-state index contributed by atoms with van der Waals surface area (Å²) in [6.45, 7) is 2.14. The van der Waals surface area contributed by atoms with Crippen molar-refractivity contribution < 1.29 is 0 Å². The third-order valence-electron chi connectivity index (χ3n) is 3.91. The molecule has 19 heavy (non-hydrogen) atoms. The van der Waals surface area contributed by atoms with Gasteiger partial charge in [0.15, 0.2) is 0 Å². The van der Waals surface area contributed by atoms with Gasteiger partial charge < -0.3 is 4.90 Å². The lowest BCUT2D eigenvalue weighted by Crippen LogP contribution is -2.35. The molecule has 2 aromatic heterocycles. The van der Waals surface area contributed by atoms with Gasteiger partial charge in [-0.2, -0.15) is 5.10 Å². The summed E-state index contributed by atoms with van der Waals surface area (Å²) >= 11 is 0. The standard InChI is InChI=1S/C14H19N5/c1-18-13(2-5-17-18)10-12-3-8-19(9-4-12)14-11-15-6-7-16-14/h2,5-7,11-12H,3-4,8-10H2,1H3. The van der Waals surface area contributed by atoms with E-state index in [-0.39, 0.29) is 0 Å². The molecule has 100 valence electrons. The zero-order valence-electron chi connectivity index (χ0n) is 11.2. The Morgan fingerprint density at radius 2 is 2.05 bits per heavy atom. The van der Waals surface area contributed by atoms with E-state index in [1.807, 2.05) is 24.1 Å². The fraction of sp³-hybridized carbons (Fsp3) is 0.500. The number of aromatic nitrogens is 4. The highest BCUT2D eigenvalue weighted by Gasteiger charge is 2.21. The molecule has 3 rings (SSSR count). The van der Waals surface area contributed by atoms with Crippen molar-refractivity contribution >= 4 is 5.82 Å². The van der Waals surface area contributed by atoms with Crippen molar-refractivity contribution in [1.29, 1.82) is 0 Å². The Balaban J connectivity index is 1.57. The van der Waals surface area contributed by atoms with Crippen LogP contribution in [-0.4, -0.2) is 32.8 Å². The Bertz CT molecular complexity index is 514. The highest BCUT2D eigenvalue weighted by molar-refractivity contribution is 5.35. The highest BCUT2D eigenvalue weighted by atomic mass is 15.3. The lowest BCUT2D eigenvalue weighted by Gasteiger charge is -2.32. The van der Waals surface area contributed by atoms with Gasteiger partial charge in [-0.15, -0.1) is 0 Å². The molecular formula is C14H19N5. The van der Waals surface area contributed by atoms with Gasteiger partial charge in [0.05, 0.1) is 6.20 Å². The van der Waals surface area contributed by atoms with Crippen LogP contribution in [0.3, 0.4) is 0 Å². The van der Waals surface area contributed by atoms with Crippen molar-refractivity contribution in [1.82, 2.24) is 19.7 Å². The minimum absolute atomic E-state index is 0.753. The number of hydrogen-bond acceptors (Lipinski definition) is 4. The summed E-state index contributed by atoms with van der Waals surface area (Å²) in [5.41, 5.74) is 1.33. The van der Waals surface area contributed by atoms with E-state index in [4.69, 9.17) is 0 Å². The van der Waals surface area contributed by atoms with Gasteiger partial charge in [0.25, 0.3) is 0 Å². The average molecular weight is 257 g/mol. The van der Waals surface area contributed by atoms with E-state index in [1.165, 1.54) is 18.5 Å². The van der Waals surface area contributed by atoms with Crippen LogP contribution in [0, 0.1) is 5.92 Å². The Labute approximate surface area is 113 Å². The zero-order chi connectivity index (χ0) is 13.1. The highest BCUT2D eigenvalue weighted by Crippen LogP contribution is 2.23. The van der Waals surface area contributed by atoms with Crippen LogP contribution in [-0.2, 0) is 13.5 Å². The van der Waals surface area contributed by atoms with E-state index in [1.54, 1.807) is 12.4 Å². The molecule has 0 radical (unpaired) electrons. The first-order chi connectivity index (χ1) is 9.33. The van der Waals surface area contributed by atoms with E-state index in [0.29, 0.717) is 0 Å². The molecule has 5 heteroatoms. The van der Waals surface area contributed by atoms with Crippen LogP contribution >= 0.6 is 0 Å². The molecule has 0 spiro atoms. The van der Waals surface area contributed by atoms with Crippen LogP contribution in [0.2, 0.25) is 0 Å². The van der Waals surface area contributed by atoms with Gasteiger partial charge in [-0.25, -0.2) is 4.98 Å². The molecule has 0 aromatic carbocycles. The van der Waals surface area contributed by atoms with E-state index in [2.05, 4.69) is 26.0 Å². The first kappa shape index (κ1) is 12.1. The molecule has 1 saturated heterocycles.